The van der Waals surface area contributed by atoms with Gasteiger partial charge in [0, 0.05) is 25.0 Å². The van der Waals surface area contributed by atoms with E-state index in [1.807, 2.05) is 26.2 Å². The van der Waals surface area contributed by atoms with E-state index in [0.29, 0.717) is 23.1 Å². The molecular formula is C15H18N8. The number of hydrogen-bond acceptors (Lipinski definition) is 7. The van der Waals surface area contributed by atoms with Gasteiger partial charge in [-0.05, 0) is 18.6 Å². The quantitative estimate of drug-likeness (QED) is 0.669. The van der Waals surface area contributed by atoms with Crippen molar-refractivity contribution in [3.63, 3.8) is 0 Å². The first-order valence-corrected chi connectivity index (χ1v) is 7.12. The maximum atomic E-state index is 5.93. The molecule has 0 bridgehead atoms. The van der Waals surface area contributed by atoms with E-state index in [2.05, 4.69) is 25.4 Å². The first kappa shape index (κ1) is 14.8. The molecule has 3 heterocycles. The molecule has 8 heteroatoms. The second-order valence-electron chi connectivity index (χ2n) is 5.27. The molecule has 0 amide bonds. The highest BCUT2D eigenvalue weighted by molar-refractivity contribution is 5.64. The Hall–Kier alpha value is -3.16. The third kappa shape index (κ3) is 3.20. The Bertz CT molecular complexity index is 809. The fraction of sp³-hybridized carbons (Fsp3) is 0.200. The van der Waals surface area contributed by atoms with Crippen molar-refractivity contribution in [2.75, 3.05) is 16.8 Å². The van der Waals surface area contributed by atoms with Crippen LogP contribution in [0.5, 0.6) is 0 Å². The molecule has 5 N–H and O–H groups in total. The van der Waals surface area contributed by atoms with Gasteiger partial charge in [-0.25, -0.2) is 15.0 Å². The van der Waals surface area contributed by atoms with E-state index in [4.69, 9.17) is 11.5 Å². The van der Waals surface area contributed by atoms with Gasteiger partial charge in [0.2, 0.25) is 0 Å². The molecule has 0 radical (unpaired) electrons. The van der Waals surface area contributed by atoms with Crippen molar-refractivity contribution in [2.24, 2.45) is 7.05 Å². The lowest BCUT2D eigenvalue weighted by molar-refractivity contribution is 0.768. The minimum absolute atomic E-state index is 0.0381. The molecule has 0 fully saturated rings. The lowest BCUT2D eigenvalue weighted by Crippen LogP contribution is -2.11. The molecule has 0 aliphatic heterocycles. The highest BCUT2D eigenvalue weighted by Gasteiger charge is 2.12. The number of aryl methyl sites for hydroxylation is 1. The van der Waals surface area contributed by atoms with Crippen LogP contribution < -0.4 is 16.8 Å². The molecular weight excluding hydrogens is 292 g/mol. The lowest BCUT2D eigenvalue weighted by Gasteiger charge is -2.16. The second-order valence-corrected chi connectivity index (χ2v) is 5.27. The SMILES string of the molecule is CC(Nc1nc(-c2cnn(C)c2)cnc1N)c1ccc(N)nc1. The van der Waals surface area contributed by atoms with Crippen LogP contribution in [-0.2, 0) is 7.05 Å². The van der Waals surface area contributed by atoms with E-state index < -0.39 is 0 Å². The average Bonchev–Trinajstić information content (AvgIpc) is 2.96. The number of nitrogens with zero attached hydrogens (tertiary/aromatic N) is 5. The van der Waals surface area contributed by atoms with E-state index in [1.165, 1.54) is 0 Å². The third-order valence-electron chi connectivity index (χ3n) is 3.46. The highest BCUT2D eigenvalue weighted by Crippen LogP contribution is 2.24. The predicted octanol–water partition coefficient (Wildman–Crippen LogP) is 1.61. The zero-order chi connectivity index (χ0) is 16.4. The van der Waals surface area contributed by atoms with Crippen molar-refractivity contribution in [3.8, 4) is 11.3 Å². The maximum Gasteiger partial charge on any atom is 0.170 e. The molecule has 0 saturated heterocycles. The largest absolute Gasteiger partial charge is 0.384 e. The van der Waals surface area contributed by atoms with Crippen LogP contribution in [0.2, 0.25) is 0 Å². The summed E-state index contributed by atoms with van der Waals surface area (Å²) in [5.74, 6) is 1.35. The average molecular weight is 310 g/mol. The van der Waals surface area contributed by atoms with E-state index in [-0.39, 0.29) is 6.04 Å². The van der Waals surface area contributed by atoms with Crippen LogP contribution in [0.3, 0.4) is 0 Å². The van der Waals surface area contributed by atoms with E-state index >= 15 is 0 Å². The van der Waals surface area contributed by atoms with Crippen molar-refractivity contribution in [1.29, 1.82) is 0 Å². The number of anilines is 3. The van der Waals surface area contributed by atoms with E-state index in [1.54, 1.807) is 29.3 Å². The van der Waals surface area contributed by atoms with Gasteiger partial charge in [0.05, 0.1) is 24.1 Å². The van der Waals surface area contributed by atoms with Crippen LogP contribution in [0.4, 0.5) is 17.5 Å². The molecule has 3 rings (SSSR count). The minimum atomic E-state index is -0.0381. The molecule has 118 valence electrons. The smallest absolute Gasteiger partial charge is 0.170 e. The topological polar surface area (TPSA) is 121 Å². The molecule has 3 aromatic rings. The first-order chi connectivity index (χ1) is 11.0. The van der Waals surface area contributed by atoms with Gasteiger partial charge in [0.25, 0.3) is 0 Å². The molecule has 1 atom stereocenters. The number of nitrogens with two attached hydrogens (primary N) is 2. The summed E-state index contributed by atoms with van der Waals surface area (Å²) in [5.41, 5.74) is 14.1. The Kier molecular flexibility index (Phi) is 3.80. The number of hydrogen-bond donors (Lipinski definition) is 3. The monoisotopic (exact) mass is 310 g/mol. The van der Waals surface area contributed by atoms with Gasteiger partial charge in [0.15, 0.2) is 11.6 Å². The Balaban J connectivity index is 1.85. The summed E-state index contributed by atoms with van der Waals surface area (Å²) in [6.07, 6.45) is 6.96. The first-order valence-electron chi connectivity index (χ1n) is 7.12. The standard InChI is InChI=1S/C15H18N8/c1-9(10-3-4-13(16)18-5-10)21-15-14(17)19-7-12(22-15)11-6-20-23(2)8-11/h3-9H,1-2H3,(H2,16,18)(H2,17,19)(H,21,22). The van der Waals surface area contributed by atoms with Crippen LogP contribution in [0.15, 0.2) is 36.9 Å². The molecule has 0 spiro atoms. The molecule has 0 aliphatic carbocycles. The van der Waals surface area contributed by atoms with Gasteiger partial charge in [-0.1, -0.05) is 6.07 Å². The Morgan fingerprint density at radius 1 is 1.13 bits per heavy atom. The summed E-state index contributed by atoms with van der Waals surface area (Å²) < 4.78 is 1.71. The van der Waals surface area contributed by atoms with Gasteiger partial charge in [0.1, 0.15) is 5.82 Å². The van der Waals surface area contributed by atoms with Crippen LogP contribution in [0, 0.1) is 0 Å². The van der Waals surface area contributed by atoms with Crippen molar-refractivity contribution < 1.29 is 0 Å². The van der Waals surface area contributed by atoms with Crippen LogP contribution in [-0.4, -0.2) is 24.7 Å². The van der Waals surface area contributed by atoms with Gasteiger partial charge >= 0.3 is 0 Å². The normalized spacial score (nSPS) is 12.1. The van der Waals surface area contributed by atoms with Crippen LogP contribution in [0.1, 0.15) is 18.5 Å². The zero-order valence-electron chi connectivity index (χ0n) is 12.9. The summed E-state index contributed by atoms with van der Waals surface area (Å²) in [7, 11) is 1.85. The highest BCUT2D eigenvalue weighted by atomic mass is 15.2. The lowest BCUT2D eigenvalue weighted by atomic mass is 10.1. The predicted molar refractivity (Wildman–Crippen MR) is 89.3 cm³/mol. The van der Waals surface area contributed by atoms with E-state index in [9.17, 15) is 0 Å². The molecule has 23 heavy (non-hydrogen) atoms. The number of pyridine rings is 1. The second kappa shape index (κ2) is 5.91. The Morgan fingerprint density at radius 3 is 2.61 bits per heavy atom. The molecule has 1 unspecified atom stereocenters. The van der Waals surface area contributed by atoms with Gasteiger partial charge in [-0.2, -0.15) is 5.10 Å². The fourth-order valence-electron chi connectivity index (χ4n) is 2.16. The van der Waals surface area contributed by atoms with E-state index in [0.717, 1.165) is 11.1 Å². The molecule has 0 saturated carbocycles. The van der Waals surface area contributed by atoms with Gasteiger partial charge in [-0.15, -0.1) is 0 Å². The molecule has 0 aromatic carbocycles. The van der Waals surface area contributed by atoms with Crippen molar-refractivity contribution in [1.82, 2.24) is 24.7 Å². The summed E-state index contributed by atoms with van der Waals surface area (Å²) in [4.78, 5) is 12.8. The molecule has 0 aliphatic rings. The van der Waals surface area contributed by atoms with Crippen molar-refractivity contribution in [3.05, 3.63) is 42.5 Å². The van der Waals surface area contributed by atoms with Crippen molar-refractivity contribution in [2.45, 2.75) is 13.0 Å². The number of rotatable bonds is 4. The number of nitrogen functional groups attached to an aromatic ring is 2. The van der Waals surface area contributed by atoms with Gasteiger partial charge in [-0.3, -0.25) is 4.68 Å². The minimum Gasteiger partial charge on any atom is -0.384 e. The number of aromatic nitrogens is 5. The van der Waals surface area contributed by atoms with Gasteiger partial charge < -0.3 is 16.8 Å². The maximum absolute atomic E-state index is 5.93. The zero-order valence-corrected chi connectivity index (χ0v) is 12.9. The summed E-state index contributed by atoms with van der Waals surface area (Å²) in [6.45, 7) is 1.99. The Morgan fingerprint density at radius 2 is 1.96 bits per heavy atom. The van der Waals surface area contributed by atoms with Crippen molar-refractivity contribution >= 4 is 17.5 Å². The molecule has 3 aromatic heterocycles. The molecule has 8 nitrogen and oxygen atoms in total. The number of nitrogens with one attached hydrogen (secondary N) is 1. The Labute approximate surface area is 133 Å². The fourth-order valence-corrected chi connectivity index (χ4v) is 2.16. The van der Waals surface area contributed by atoms with Crippen LogP contribution >= 0.6 is 0 Å². The summed E-state index contributed by atoms with van der Waals surface area (Å²) in [5, 5.41) is 7.40. The summed E-state index contributed by atoms with van der Waals surface area (Å²) >= 11 is 0. The third-order valence-corrected chi connectivity index (χ3v) is 3.46. The van der Waals surface area contributed by atoms with Crippen LogP contribution in [0.25, 0.3) is 11.3 Å². The summed E-state index contributed by atoms with van der Waals surface area (Å²) in [6, 6.07) is 3.63.